The van der Waals surface area contributed by atoms with Gasteiger partial charge in [0.2, 0.25) is 0 Å². The van der Waals surface area contributed by atoms with E-state index in [4.69, 9.17) is 23.2 Å². The second kappa shape index (κ2) is 5.56. The van der Waals surface area contributed by atoms with Crippen LogP contribution in [0.3, 0.4) is 0 Å². The zero-order valence-electron chi connectivity index (χ0n) is 9.66. The number of aryl methyl sites for hydroxylation is 1. The highest BCUT2D eigenvalue weighted by atomic mass is 35.5. The monoisotopic (exact) mass is 268 g/mol. The van der Waals surface area contributed by atoms with Crippen LogP contribution in [0.2, 0.25) is 10.0 Å². The number of imidazole rings is 1. The van der Waals surface area contributed by atoms with Gasteiger partial charge >= 0.3 is 0 Å². The maximum absolute atomic E-state index is 5.99. The second-order valence-electron chi connectivity index (χ2n) is 3.98. The molecule has 1 aromatic carbocycles. The minimum Gasteiger partial charge on any atom is -0.337 e. The van der Waals surface area contributed by atoms with Gasteiger partial charge in [-0.1, -0.05) is 42.6 Å². The normalized spacial score (nSPS) is 10.8. The molecule has 1 heterocycles. The van der Waals surface area contributed by atoms with E-state index in [0.29, 0.717) is 10.0 Å². The molecule has 90 valence electrons. The Balaban J connectivity index is 2.21. The number of benzene rings is 1. The van der Waals surface area contributed by atoms with Gasteiger partial charge in [-0.3, -0.25) is 0 Å². The minimum atomic E-state index is 0.562. The van der Waals surface area contributed by atoms with Gasteiger partial charge < -0.3 is 4.57 Å². The number of rotatable bonds is 4. The number of halogens is 2. The topological polar surface area (TPSA) is 17.8 Å². The minimum absolute atomic E-state index is 0.562. The predicted octanol–water partition coefficient (Wildman–Crippen LogP) is 4.66. The number of nitrogens with zero attached hydrogens (tertiary/aromatic N) is 2. The molecule has 0 bridgehead atoms. The lowest BCUT2D eigenvalue weighted by Crippen LogP contribution is -1.92. The van der Waals surface area contributed by atoms with Crippen molar-refractivity contribution in [2.45, 2.75) is 26.3 Å². The standard InChI is InChI=1S/C13H14Cl2N2/c1-2-3-6-17-8-13(16-9-17)10-4-5-11(14)12(15)7-10/h4-5,7-9H,2-3,6H2,1H3. The molecule has 0 atom stereocenters. The van der Waals surface area contributed by atoms with Crippen LogP contribution in [-0.2, 0) is 6.54 Å². The Labute approximate surface area is 111 Å². The van der Waals surface area contributed by atoms with Gasteiger partial charge in [0.05, 0.1) is 22.1 Å². The average molecular weight is 269 g/mol. The van der Waals surface area contributed by atoms with Gasteiger partial charge in [-0.25, -0.2) is 4.98 Å². The fraction of sp³-hybridized carbons (Fsp3) is 0.308. The van der Waals surface area contributed by atoms with Gasteiger partial charge in [0.15, 0.2) is 0 Å². The number of hydrogen-bond acceptors (Lipinski definition) is 1. The third-order valence-corrected chi connectivity index (χ3v) is 3.36. The van der Waals surface area contributed by atoms with Crippen LogP contribution in [0.15, 0.2) is 30.7 Å². The average Bonchev–Trinajstić information content (AvgIpc) is 2.79. The molecule has 0 aliphatic heterocycles. The SMILES string of the molecule is CCCCn1cnc(-c2ccc(Cl)c(Cl)c2)c1. The third kappa shape index (κ3) is 3.02. The summed E-state index contributed by atoms with van der Waals surface area (Å²) in [6.07, 6.45) is 6.24. The summed E-state index contributed by atoms with van der Waals surface area (Å²) in [4.78, 5) is 4.37. The van der Waals surface area contributed by atoms with Crippen LogP contribution in [0.1, 0.15) is 19.8 Å². The molecule has 0 N–H and O–H groups in total. The molecule has 4 heteroatoms. The molecule has 0 aliphatic rings. The van der Waals surface area contributed by atoms with Crippen LogP contribution in [0.4, 0.5) is 0 Å². The van der Waals surface area contributed by atoms with Crippen molar-refractivity contribution in [3.05, 3.63) is 40.8 Å². The van der Waals surface area contributed by atoms with Gasteiger partial charge in [0, 0.05) is 18.3 Å². The van der Waals surface area contributed by atoms with Crippen LogP contribution in [0.5, 0.6) is 0 Å². The largest absolute Gasteiger partial charge is 0.337 e. The summed E-state index contributed by atoms with van der Waals surface area (Å²) in [5.74, 6) is 0. The molecule has 17 heavy (non-hydrogen) atoms. The lowest BCUT2D eigenvalue weighted by atomic mass is 10.2. The molecule has 0 spiro atoms. The summed E-state index contributed by atoms with van der Waals surface area (Å²) in [6.45, 7) is 3.18. The molecule has 0 radical (unpaired) electrons. The van der Waals surface area contributed by atoms with Gasteiger partial charge in [0.1, 0.15) is 0 Å². The van der Waals surface area contributed by atoms with E-state index in [1.165, 1.54) is 6.42 Å². The quantitative estimate of drug-likeness (QED) is 0.789. The van der Waals surface area contributed by atoms with Gasteiger partial charge in [0.25, 0.3) is 0 Å². The summed E-state index contributed by atoms with van der Waals surface area (Å²) in [6, 6.07) is 5.57. The summed E-state index contributed by atoms with van der Waals surface area (Å²) < 4.78 is 2.10. The van der Waals surface area contributed by atoms with Crippen LogP contribution in [0, 0.1) is 0 Å². The molecule has 0 amide bonds. The van der Waals surface area contributed by atoms with Crippen molar-refractivity contribution in [1.29, 1.82) is 0 Å². The van der Waals surface area contributed by atoms with E-state index in [-0.39, 0.29) is 0 Å². The highest BCUT2D eigenvalue weighted by Crippen LogP contribution is 2.27. The van der Waals surface area contributed by atoms with Gasteiger partial charge in [-0.15, -0.1) is 0 Å². The van der Waals surface area contributed by atoms with Crippen molar-refractivity contribution >= 4 is 23.2 Å². The van der Waals surface area contributed by atoms with Crippen LogP contribution < -0.4 is 0 Å². The maximum atomic E-state index is 5.99. The predicted molar refractivity (Wildman–Crippen MR) is 72.6 cm³/mol. The van der Waals surface area contributed by atoms with Crippen molar-refractivity contribution in [1.82, 2.24) is 9.55 Å². The Morgan fingerprint density at radius 3 is 2.76 bits per heavy atom. The molecular weight excluding hydrogens is 255 g/mol. The van der Waals surface area contributed by atoms with Crippen molar-refractivity contribution in [3.63, 3.8) is 0 Å². The van der Waals surface area contributed by atoms with E-state index in [1.807, 2.05) is 24.7 Å². The van der Waals surface area contributed by atoms with Crippen LogP contribution in [-0.4, -0.2) is 9.55 Å². The first-order valence-corrected chi connectivity index (χ1v) is 6.43. The van der Waals surface area contributed by atoms with Crippen LogP contribution >= 0.6 is 23.2 Å². The number of hydrogen-bond donors (Lipinski definition) is 0. The zero-order chi connectivity index (χ0) is 12.3. The molecule has 0 fully saturated rings. The fourth-order valence-electron chi connectivity index (χ4n) is 1.63. The Morgan fingerprint density at radius 1 is 1.24 bits per heavy atom. The lowest BCUT2D eigenvalue weighted by molar-refractivity contribution is 0.631. The molecule has 1 aromatic heterocycles. The molecule has 2 aromatic rings. The molecule has 2 nitrogen and oxygen atoms in total. The van der Waals surface area contributed by atoms with E-state index in [9.17, 15) is 0 Å². The molecular formula is C13H14Cl2N2. The third-order valence-electron chi connectivity index (χ3n) is 2.62. The zero-order valence-corrected chi connectivity index (χ0v) is 11.2. The Kier molecular flexibility index (Phi) is 4.08. The van der Waals surface area contributed by atoms with Crippen molar-refractivity contribution in [2.24, 2.45) is 0 Å². The van der Waals surface area contributed by atoms with Crippen molar-refractivity contribution < 1.29 is 0 Å². The first kappa shape index (κ1) is 12.5. The van der Waals surface area contributed by atoms with E-state index in [2.05, 4.69) is 16.5 Å². The Hall–Kier alpha value is -0.990. The second-order valence-corrected chi connectivity index (χ2v) is 4.79. The molecule has 0 saturated heterocycles. The lowest BCUT2D eigenvalue weighted by Gasteiger charge is -2.00. The first-order valence-electron chi connectivity index (χ1n) is 5.68. The highest BCUT2D eigenvalue weighted by molar-refractivity contribution is 6.42. The Bertz CT molecular complexity index is 506. The highest BCUT2D eigenvalue weighted by Gasteiger charge is 2.04. The summed E-state index contributed by atoms with van der Waals surface area (Å²) >= 11 is 11.9. The number of aromatic nitrogens is 2. The van der Waals surface area contributed by atoms with E-state index < -0.39 is 0 Å². The van der Waals surface area contributed by atoms with E-state index in [1.54, 1.807) is 6.07 Å². The van der Waals surface area contributed by atoms with Crippen molar-refractivity contribution in [3.8, 4) is 11.3 Å². The summed E-state index contributed by atoms with van der Waals surface area (Å²) in [5.41, 5.74) is 1.93. The molecule has 0 aliphatic carbocycles. The summed E-state index contributed by atoms with van der Waals surface area (Å²) in [5, 5.41) is 1.13. The van der Waals surface area contributed by atoms with Gasteiger partial charge in [-0.2, -0.15) is 0 Å². The van der Waals surface area contributed by atoms with Crippen LogP contribution in [0.25, 0.3) is 11.3 Å². The summed E-state index contributed by atoms with van der Waals surface area (Å²) in [7, 11) is 0. The number of unbranched alkanes of at least 4 members (excludes halogenated alkanes) is 1. The molecule has 0 saturated carbocycles. The van der Waals surface area contributed by atoms with Gasteiger partial charge in [-0.05, 0) is 18.6 Å². The van der Waals surface area contributed by atoms with Crippen molar-refractivity contribution in [2.75, 3.05) is 0 Å². The van der Waals surface area contributed by atoms with E-state index >= 15 is 0 Å². The fourth-order valence-corrected chi connectivity index (χ4v) is 1.93. The smallest absolute Gasteiger partial charge is 0.0953 e. The van der Waals surface area contributed by atoms with E-state index in [0.717, 1.165) is 24.2 Å². The molecule has 0 unspecified atom stereocenters. The molecule has 2 rings (SSSR count). The Morgan fingerprint density at radius 2 is 2.06 bits per heavy atom. The first-order chi connectivity index (χ1) is 8.20. The maximum Gasteiger partial charge on any atom is 0.0953 e.